The van der Waals surface area contributed by atoms with Crippen molar-refractivity contribution >= 4 is 22.4 Å². The van der Waals surface area contributed by atoms with Gasteiger partial charge in [-0.1, -0.05) is 0 Å². The fourth-order valence-corrected chi connectivity index (χ4v) is 1.91. The average molecular weight is 229 g/mol. The molecule has 0 bridgehead atoms. The molecule has 0 saturated carbocycles. The molecule has 1 heterocycles. The van der Waals surface area contributed by atoms with Crippen LogP contribution in [0.2, 0.25) is 0 Å². The number of carbonyl (C=O) groups excluding carboxylic acids is 1. The lowest BCUT2D eigenvalue weighted by molar-refractivity contribution is 0.0937. The first kappa shape index (κ1) is 11.9. The molecule has 0 radical (unpaired) electrons. The molecule has 1 rings (SSSR count). The summed E-state index contributed by atoms with van der Waals surface area (Å²) < 4.78 is 8.98. The van der Waals surface area contributed by atoms with Crippen molar-refractivity contribution in [2.75, 3.05) is 32.6 Å². The summed E-state index contributed by atoms with van der Waals surface area (Å²) in [6.07, 6.45) is 0. The van der Waals surface area contributed by atoms with Crippen molar-refractivity contribution in [3.05, 3.63) is 11.3 Å². The fourth-order valence-electron chi connectivity index (χ4n) is 1.16. The zero-order valence-corrected chi connectivity index (χ0v) is 9.90. The van der Waals surface area contributed by atoms with Gasteiger partial charge in [-0.15, -0.1) is 0 Å². The van der Waals surface area contributed by atoms with Crippen molar-refractivity contribution in [2.24, 2.45) is 0 Å². The molecule has 0 aliphatic rings. The largest absolute Gasteiger partial charge is 0.383 e. The molecule has 0 atom stereocenters. The minimum absolute atomic E-state index is 0.109. The topological polar surface area (TPSA) is 63.2 Å². The maximum atomic E-state index is 11.7. The second-order valence-corrected chi connectivity index (χ2v) is 3.74. The van der Waals surface area contributed by atoms with Crippen molar-refractivity contribution in [3.8, 4) is 0 Å². The van der Waals surface area contributed by atoms with E-state index in [2.05, 4.69) is 15.0 Å². The van der Waals surface area contributed by atoms with Gasteiger partial charge in [0.2, 0.25) is 0 Å². The minimum Gasteiger partial charge on any atom is -0.383 e. The van der Waals surface area contributed by atoms with Gasteiger partial charge in [-0.05, 0) is 18.5 Å². The van der Waals surface area contributed by atoms with E-state index in [4.69, 9.17) is 4.74 Å². The molecule has 0 aliphatic carbocycles. The number of rotatable bonds is 5. The third-order valence-electron chi connectivity index (χ3n) is 1.91. The predicted molar refractivity (Wildman–Crippen MR) is 60.6 cm³/mol. The van der Waals surface area contributed by atoms with Crippen molar-refractivity contribution < 1.29 is 9.53 Å². The van der Waals surface area contributed by atoms with Crippen molar-refractivity contribution in [3.63, 3.8) is 0 Å². The van der Waals surface area contributed by atoms with Crippen molar-refractivity contribution in [1.29, 1.82) is 0 Å². The van der Waals surface area contributed by atoms with E-state index in [-0.39, 0.29) is 5.91 Å². The summed E-state index contributed by atoms with van der Waals surface area (Å²) in [6, 6.07) is 0. The molecular weight excluding hydrogens is 214 g/mol. The Labute approximate surface area is 93.0 Å². The number of hydrogen-bond donors (Lipinski definition) is 2. The molecule has 6 heteroatoms. The van der Waals surface area contributed by atoms with Crippen LogP contribution in [0.3, 0.4) is 0 Å². The summed E-state index contributed by atoms with van der Waals surface area (Å²) in [6.45, 7) is 2.84. The van der Waals surface area contributed by atoms with E-state index in [1.54, 1.807) is 14.2 Å². The second kappa shape index (κ2) is 5.67. The molecule has 84 valence electrons. The number of aromatic nitrogens is 1. The van der Waals surface area contributed by atoms with Gasteiger partial charge in [0.1, 0.15) is 5.00 Å². The highest BCUT2D eigenvalue weighted by atomic mass is 32.1. The van der Waals surface area contributed by atoms with Crippen LogP contribution in [-0.4, -0.2) is 37.6 Å². The Morgan fingerprint density at radius 1 is 1.60 bits per heavy atom. The molecule has 5 nitrogen and oxygen atoms in total. The molecule has 0 spiro atoms. The normalized spacial score (nSPS) is 10.1. The summed E-state index contributed by atoms with van der Waals surface area (Å²) in [5.41, 5.74) is 1.37. The number of anilines is 1. The molecule has 1 amide bonds. The summed E-state index contributed by atoms with van der Waals surface area (Å²) in [7, 11) is 3.38. The smallest absolute Gasteiger partial charge is 0.256 e. The lowest BCUT2D eigenvalue weighted by Gasteiger charge is -2.05. The first-order chi connectivity index (χ1) is 7.20. The fraction of sp³-hybridized carbons (Fsp3) is 0.556. The molecule has 1 aromatic heterocycles. The van der Waals surface area contributed by atoms with E-state index < -0.39 is 0 Å². The Kier molecular flexibility index (Phi) is 4.51. The standard InChI is InChI=1S/C9H15N3O2S/c1-6-7(9(10-2)15-12-6)8(13)11-4-5-14-3/h10H,4-5H2,1-3H3,(H,11,13). The monoisotopic (exact) mass is 229 g/mol. The third-order valence-corrected chi connectivity index (χ3v) is 2.86. The molecule has 0 saturated heterocycles. The van der Waals surface area contributed by atoms with Crippen LogP contribution in [0.4, 0.5) is 5.00 Å². The maximum absolute atomic E-state index is 11.7. The number of aryl methyl sites for hydroxylation is 1. The van der Waals surface area contributed by atoms with Crippen LogP contribution in [0, 0.1) is 6.92 Å². The molecule has 15 heavy (non-hydrogen) atoms. The Hall–Kier alpha value is -1.14. The highest BCUT2D eigenvalue weighted by molar-refractivity contribution is 7.10. The number of amides is 1. The molecule has 0 aromatic carbocycles. The predicted octanol–water partition coefficient (Wildman–Crippen LogP) is 0.869. The molecular formula is C9H15N3O2S. The Bertz CT molecular complexity index is 338. The number of carbonyl (C=O) groups is 1. The first-order valence-corrected chi connectivity index (χ1v) is 5.39. The lowest BCUT2D eigenvalue weighted by atomic mass is 10.2. The number of nitrogens with one attached hydrogen (secondary N) is 2. The molecule has 0 unspecified atom stereocenters. The van der Waals surface area contributed by atoms with Gasteiger partial charge >= 0.3 is 0 Å². The van der Waals surface area contributed by atoms with Gasteiger partial charge in [0, 0.05) is 20.7 Å². The number of ether oxygens (including phenoxy) is 1. The van der Waals surface area contributed by atoms with Gasteiger partial charge in [-0.2, -0.15) is 4.37 Å². The summed E-state index contributed by atoms with van der Waals surface area (Å²) >= 11 is 1.29. The maximum Gasteiger partial charge on any atom is 0.256 e. The highest BCUT2D eigenvalue weighted by Gasteiger charge is 2.16. The molecule has 0 aliphatic heterocycles. The van der Waals surface area contributed by atoms with E-state index in [9.17, 15) is 4.79 Å². The van der Waals surface area contributed by atoms with Crippen LogP contribution in [0.25, 0.3) is 0 Å². The van der Waals surface area contributed by atoms with Gasteiger partial charge in [0.25, 0.3) is 5.91 Å². The summed E-state index contributed by atoms with van der Waals surface area (Å²) in [4.78, 5) is 11.7. The molecule has 0 fully saturated rings. The quantitative estimate of drug-likeness (QED) is 0.735. The van der Waals surface area contributed by atoms with Crippen LogP contribution < -0.4 is 10.6 Å². The van der Waals surface area contributed by atoms with Gasteiger partial charge < -0.3 is 15.4 Å². The van der Waals surface area contributed by atoms with Crippen LogP contribution in [0.1, 0.15) is 16.1 Å². The minimum atomic E-state index is -0.109. The van der Waals surface area contributed by atoms with E-state index in [1.165, 1.54) is 11.5 Å². The molecule has 2 N–H and O–H groups in total. The van der Waals surface area contributed by atoms with E-state index in [0.29, 0.717) is 18.7 Å². The van der Waals surface area contributed by atoms with Crippen LogP contribution >= 0.6 is 11.5 Å². The lowest BCUT2D eigenvalue weighted by Crippen LogP contribution is -2.27. The Morgan fingerprint density at radius 3 is 2.93 bits per heavy atom. The van der Waals surface area contributed by atoms with Gasteiger partial charge in [0.15, 0.2) is 0 Å². The zero-order chi connectivity index (χ0) is 11.3. The van der Waals surface area contributed by atoms with Crippen molar-refractivity contribution in [2.45, 2.75) is 6.92 Å². The van der Waals surface area contributed by atoms with Crippen molar-refractivity contribution in [1.82, 2.24) is 9.69 Å². The van der Waals surface area contributed by atoms with E-state index in [0.717, 1.165) is 10.7 Å². The number of nitrogens with zero attached hydrogens (tertiary/aromatic N) is 1. The van der Waals surface area contributed by atoms with Gasteiger partial charge in [0.05, 0.1) is 17.9 Å². The number of methoxy groups -OCH3 is 1. The Balaban J connectivity index is 2.67. The first-order valence-electron chi connectivity index (χ1n) is 4.61. The third kappa shape index (κ3) is 2.90. The summed E-state index contributed by atoms with van der Waals surface area (Å²) in [5.74, 6) is -0.109. The van der Waals surface area contributed by atoms with Crippen LogP contribution in [-0.2, 0) is 4.74 Å². The highest BCUT2D eigenvalue weighted by Crippen LogP contribution is 2.23. The SMILES string of the molecule is CNc1snc(C)c1C(=O)NCCOC. The van der Waals surface area contributed by atoms with Gasteiger partial charge in [-0.3, -0.25) is 4.79 Å². The van der Waals surface area contributed by atoms with Gasteiger partial charge in [-0.25, -0.2) is 0 Å². The van der Waals surface area contributed by atoms with E-state index in [1.807, 2.05) is 6.92 Å². The molecule has 1 aromatic rings. The Morgan fingerprint density at radius 2 is 2.33 bits per heavy atom. The van der Waals surface area contributed by atoms with Crippen LogP contribution in [0.5, 0.6) is 0 Å². The average Bonchev–Trinajstić information content (AvgIpc) is 2.59. The van der Waals surface area contributed by atoms with Crippen LogP contribution in [0.15, 0.2) is 0 Å². The van der Waals surface area contributed by atoms with E-state index >= 15 is 0 Å². The summed E-state index contributed by atoms with van der Waals surface area (Å²) in [5, 5.41) is 6.51. The second-order valence-electron chi connectivity index (χ2n) is 2.97. The zero-order valence-electron chi connectivity index (χ0n) is 9.09. The number of hydrogen-bond acceptors (Lipinski definition) is 5.